The number of carbonyl (C=O) groups is 1. The van der Waals surface area contributed by atoms with E-state index in [1.54, 1.807) is 0 Å². The Bertz CT molecular complexity index is 1110. The molecule has 3 aromatic carbocycles. The number of aliphatic imine (C=N–C) groups is 1. The average Bonchev–Trinajstić information content (AvgIpc) is 3.34. The second-order valence-electron chi connectivity index (χ2n) is 7.86. The summed E-state index contributed by atoms with van der Waals surface area (Å²) in [4.78, 5) is 20.1. The number of thioether (sulfide) groups is 1. The van der Waals surface area contributed by atoms with Gasteiger partial charge in [0, 0.05) is 31.3 Å². The number of rotatable bonds is 6. The highest BCUT2D eigenvalue weighted by atomic mass is 32.2. The van der Waals surface area contributed by atoms with Gasteiger partial charge in [-0.2, -0.15) is 5.10 Å². The molecule has 160 valence electrons. The van der Waals surface area contributed by atoms with Crippen LogP contribution in [0.25, 0.3) is 0 Å². The van der Waals surface area contributed by atoms with Gasteiger partial charge in [0.05, 0.1) is 17.5 Å². The van der Waals surface area contributed by atoms with Crippen LogP contribution < -0.4 is 0 Å². The Kier molecular flexibility index (Phi) is 6.03. The van der Waals surface area contributed by atoms with E-state index in [9.17, 15) is 4.79 Å². The number of para-hydroxylation sites is 1. The zero-order chi connectivity index (χ0) is 21.8. The van der Waals surface area contributed by atoms with E-state index in [4.69, 9.17) is 4.99 Å². The average molecular weight is 441 g/mol. The van der Waals surface area contributed by atoms with Crippen LogP contribution in [0.1, 0.15) is 29.2 Å². The first-order valence-electron chi connectivity index (χ1n) is 10.8. The molecule has 3 aromatic rings. The van der Waals surface area contributed by atoms with Crippen LogP contribution in [0, 0.1) is 0 Å². The summed E-state index contributed by atoms with van der Waals surface area (Å²) in [7, 11) is 0. The molecule has 0 saturated heterocycles. The summed E-state index contributed by atoms with van der Waals surface area (Å²) in [5, 5.41) is 7.27. The molecule has 0 spiro atoms. The Morgan fingerprint density at radius 3 is 2.22 bits per heavy atom. The predicted octanol–water partition coefficient (Wildman–Crippen LogP) is 5.38. The summed E-state index contributed by atoms with van der Waals surface area (Å²) >= 11 is 1.47. The van der Waals surface area contributed by atoms with E-state index < -0.39 is 0 Å². The van der Waals surface area contributed by atoms with Gasteiger partial charge in [-0.05, 0) is 17.2 Å². The summed E-state index contributed by atoms with van der Waals surface area (Å²) in [6.45, 7) is 1.16. The van der Waals surface area contributed by atoms with E-state index in [0.717, 1.165) is 28.4 Å². The Labute approximate surface area is 192 Å². The van der Waals surface area contributed by atoms with Gasteiger partial charge in [-0.15, -0.1) is 0 Å². The molecule has 1 amide bonds. The lowest BCUT2D eigenvalue weighted by atomic mass is 10.0. The molecule has 0 N–H and O–H groups in total. The Balaban J connectivity index is 1.33. The van der Waals surface area contributed by atoms with Crippen molar-refractivity contribution in [3.8, 4) is 0 Å². The Morgan fingerprint density at radius 1 is 0.906 bits per heavy atom. The van der Waals surface area contributed by atoms with Crippen molar-refractivity contribution >= 4 is 34.7 Å². The molecule has 0 aromatic heterocycles. The van der Waals surface area contributed by atoms with E-state index in [2.05, 4.69) is 35.4 Å². The number of hydrazone groups is 1. The van der Waals surface area contributed by atoms with Crippen molar-refractivity contribution in [2.75, 3.05) is 5.75 Å². The van der Waals surface area contributed by atoms with E-state index in [1.807, 2.05) is 70.7 Å². The SMILES string of the molecule is O=C(CSC1=Nc2ccccc2C2CC=NN12)N(Cc1ccccc1)Cc1ccccc1. The normalized spacial score (nSPS) is 16.3. The quantitative estimate of drug-likeness (QED) is 0.517. The maximum Gasteiger partial charge on any atom is 0.233 e. The third kappa shape index (κ3) is 4.46. The molecule has 2 heterocycles. The minimum atomic E-state index is 0.0870. The molecule has 1 atom stereocenters. The number of hydrogen-bond donors (Lipinski definition) is 0. The third-order valence-electron chi connectivity index (χ3n) is 5.65. The van der Waals surface area contributed by atoms with Gasteiger partial charge < -0.3 is 4.90 Å². The maximum atomic E-state index is 13.3. The minimum Gasteiger partial charge on any atom is -0.333 e. The smallest absolute Gasteiger partial charge is 0.233 e. The van der Waals surface area contributed by atoms with Gasteiger partial charge in [-0.25, -0.2) is 10.0 Å². The Morgan fingerprint density at radius 2 is 1.53 bits per heavy atom. The number of carbonyl (C=O) groups excluding carboxylic acids is 1. The van der Waals surface area contributed by atoms with Gasteiger partial charge in [0.15, 0.2) is 5.17 Å². The number of benzene rings is 3. The van der Waals surface area contributed by atoms with Crippen molar-refractivity contribution in [3.05, 3.63) is 102 Å². The van der Waals surface area contributed by atoms with E-state index in [-0.39, 0.29) is 11.9 Å². The summed E-state index contributed by atoms with van der Waals surface area (Å²) in [6, 6.07) is 28.6. The van der Waals surface area contributed by atoms with E-state index >= 15 is 0 Å². The zero-order valence-corrected chi connectivity index (χ0v) is 18.5. The number of hydrogen-bond acceptors (Lipinski definition) is 5. The third-order valence-corrected chi connectivity index (χ3v) is 6.58. The highest BCUT2D eigenvalue weighted by molar-refractivity contribution is 8.14. The van der Waals surface area contributed by atoms with Crippen molar-refractivity contribution in [1.82, 2.24) is 9.91 Å². The fourth-order valence-electron chi connectivity index (χ4n) is 4.04. The lowest BCUT2D eigenvalue weighted by Gasteiger charge is -2.30. The van der Waals surface area contributed by atoms with Crippen molar-refractivity contribution in [3.63, 3.8) is 0 Å². The molecular formula is C26H24N4OS. The molecule has 1 unspecified atom stereocenters. The molecule has 0 aliphatic carbocycles. The minimum absolute atomic E-state index is 0.0870. The van der Waals surface area contributed by atoms with E-state index in [0.29, 0.717) is 18.8 Å². The van der Waals surface area contributed by atoms with Gasteiger partial charge in [-0.3, -0.25) is 4.79 Å². The van der Waals surface area contributed by atoms with E-state index in [1.165, 1.54) is 17.3 Å². The van der Waals surface area contributed by atoms with Crippen LogP contribution in [0.2, 0.25) is 0 Å². The van der Waals surface area contributed by atoms with Crippen LogP contribution in [0.4, 0.5) is 5.69 Å². The van der Waals surface area contributed by atoms with Gasteiger partial charge in [-0.1, -0.05) is 90.6 Å². The molecule has 5 rings (SSSR count). The molecule has 2 aliphatic rings. The van der Waals surface area contributed by atoms with Crippen LogP contribution >= 0.6 is 11.8 Å². The monoisotopic (exact) mass is 440 g/mol. The maximum absolute atomic E-state index is 13.3. The fraction of sp³-hybridized carbons (Fsp3) is 0.192. The molecule has 6 heteroatoms. The van der Waals surface area contributed by atoms with Gasteiger partial charge >= 0.3 is 0 Å². The molecular weight excluding hydrogens is 416 g/mol. The van der Waals surface area contributed by atoms with Gasteiger partial charge in [0.2, 0.25) is 5.91 Å². The number of amidine groups is 1. The van der Waals surface area contributed by atoms with Crippen LogP contribution in [-0.2, 0) is 17.9 Å². The summed E-state index contributed by atoms with van der Waals surface area (Å²) < 4.78 is 0. The predicted molar refractivity (Wildman–Crippen MR) is 131 cm³/mol. The fourth-order valence-corrected chi connectivity index (χ4v) is 4.94. The van der Waals surface area contributed by atoms with Crippen LogP contribution in [0.5, 0.6) is 0 Å². The van der Waals surface area contributed by atoms with Crippen LogP contribution in [0.3, 0.4) is 0 Å². The van der Waals surface area contributed by atoms with Crippen LogP contribution in [0.15, 0.2) is 95.0 Å². The second-order valence-corrected chi connectivity index (χ2v) is 8.80. The molecule has 0 saturated carbocycles. The topological polar surface area (TPSA) is 48.3 Å². The number of amides is 1. The largest absolute Gasteiger partial charge is 0.333 e. The first kappa shape index (κ1) is 20.5. The van der Waals surface area contributed by atoms with Gasteiger partial charge in [0.25, 0.3) is 0 Å². The highest BCUT2D eigenvalue weighted by Gasteiger charge is 2.33. The molecule has 0 fully saturated rings. The van der Waals surface area contributed by atoms with Crippen molar-refractivity contribution < 1.29 is 4.79 Å². The summed E-state index contributed by atoms with van der Waals surface area (Å²) in [6.07, 6.45) is 2.79. The number of nitrogens with zero attached hydrogens (tertiary/aromatic N) is 4. The van der Waals surface area contributed by atoms with Crippen LogP contribution in [-0.4, -0.2) is 33.0 Å². The zero-order valence-electron chi connectivity index (χ0n) is 17.7. The molecule has 32 heavy (non-hydrogen) atoms. The molecule has 0 bridgehead atoms. The summed E-state index contributed by atoms with van der Waals surface area (Å²) in [5.74, 6) is 0.406. The Hall–Kier alpha value is -3.38. The highest BCUT2D eigenvalue weighted by Crippen LogP contribution is 2.40. The van der Waals surface area contributed by atoms with Crippen molar-refractivity contribution in [1.29, 1.82) is 0 Å². The first-order valence-corrected chi connectivity index (χ1v) is 11.7. The molecule has 2 aliphatic heterocycles. The van der Waals surface area contributed by atoms with Crippen molar-refractivity contribution in [2.24, 2.45) is 10.1 Å². The second kappa shape index (κ2) is 9.40. The summed E-state index contributed by atoms with van der Waals surface area (Å²) in [5.41, 5.74) is 4.40. The lowest BCUT2D eigenvalue weighted by molar-refractivity contribution is -0.129. The first-order chi connectivity index (χ1) is 15.8. The van der Waals surface area contributed by atoms with Crippen molar-refractivity contribution in [2.45, 2.75) is 25.6 Å². The standard InChI is InChI=1S/C26H24N4OS/c31-25(29(17-20-9-3-1-4-10-20)18-21-11-5-2-6-12-21)19-32-26-28-23-14-8-7-13-22(23)24-15-16-27-30(24)26/h1-14,16,24H,15,17-19H2. The lowest BCUT2D eigenvalue weighted by Crippen LogP contribution is -2.33. The molecule has 0 radical (unpaired) electrons. The van der Waals surface area contributed by atoms with Gasteiger partial charge in [0.1, 0.15) is 0 Å². The number of fused-ring (bicyclic) bond motifs is 3. The molecule has 5 nitrogen and oxygen atoms in total.